The lowest BCUT2D eigenvalue weighted by atomic mass is 9.84. The van der Waals surface area contributed by atoms with Gasteiger partial charge in [0.2, 0.25) is 0 Å². The lowest BCUT2D eigenvalue weighted by molar-refractivity contribution is 0.000551. The average Bonchev–Trinajstić information content (AvgIpc) is 2.81. The first-order chi connectivity index (χ1) is 7.88. The van der Waals surface area contributed by atoms with Crippen LogP contribution in [0.2, 0.25) is 0 Å². The summed E-state index contributed by atoms with van der Waals surface area (Å²) in [6, 6.07) is 2.24. The van der Waals surface area contributed by atoms with E-state index in [1.165, 1.54) is 24.8 Å². The molecule has 0 unspecified atom stereocenters. The molecule has 1 aromatic rings. The van der Waals surface area contributed by atoms with Crippen molar-refractivity contribution >= 4 is 11.3 Å². The minimum absolute atomic E-state index is 0.148. The van der Waals surface area contributed by atoms with Gasteiger partial charge in [0.25, 0.3) is 0 Å². The molecule has 1 heterocycles. The highest BCUT2D eigenvalue weighted by Gasteiger charge is 2.21. The largest absolute Gasteiger partial charge is 0.394 e. The summed E-state index contributed by atoms with van der Waals surface area (Å²) in [5.41, 5.74) is 1.49. The summed E-state index contributed by atoms with van der Waals surface area (Å²) >= 11 is 1.79. The molecule has 2 nitrogen and oxygen atoms in total. The standard InChI is InChI=1S/C13H20O2S/c14-6-7-15-13-3-1-11(2-4-13)9-12-5-8-16-10-12/h5,8,10-11,13-14H,1-4,6-7,9H2. The van der Waals surface area contributed by atoms with Crippen molar-refractivity contribution in [3.05, 3.63) is 22.4 Å². The third-order valence-electron chi connectivity index (χ3n) is 3.34. The zero-order valence-corrected chi connectivity index (χ0v) is 10.4. The second kappa shape index (κ2) is 6.38. The average molecular weight is 240 g/mol. The maximum absolute atomic E-state index is 8.70. The van der Waals surface area contributed by atoms with Crippen LogP contribution in [-0.2, 0) is 11.2 Å². The summed E-state index contributed by atoms with van der Waals surface area (Å²) in [5.74, 6) is 0.837. The lowest BCUT2D eigenvalue weighted by Crippen LogP contribution is -2.23. The van der Waals surface area contributed by atoms with Gasteiger partial charge in [-0.25, -0.2) is 0 Å². The van der Waals surface area contributed by atoms with Crippen molar-refractivity contribution < 1.29 is 9.84 Å². The van der Waals surface area contributed by atoms with E-state index in [0.717, 1.165) is 18.8 Å². The van der Waals surface area contributed by atoms with Gasteiger partial charge in [-0.1, -0.05) is 0 Å². The van der Waals surface area contributed by atoms with Crippen molar-refractivity contribution in [1.29, 1.82) is 0 Å². The summed E-state index contributed by atoms with van der Waals surface area (Å²) in [7, 11) is 0. The van der Waals surface area contributed by atoms with Gasteiger partial charge in [-0.2, -0.15) is 11.3 Å². The lowest BCUT2D eigenvalue weighted by Gasteiger charge is -2.28. The van der Waals surface area contributed by atoms with Crippen LogP contribution in [0.4, 0.5) is 0 Å². The Kier molecular flexibility index (Phi) is 4.82. The fourth-order valence-corrected chi connectivity index (χ4v) is 3.15. The SMILES string of the molecule is OCCOC1CCC(Cc2ccsc2)CC1. The summed E-state index contributed by atoms with van der Waals surface area (Å²) in [6.45, 7) is 0.648. The second-order valence-corrected chi connectivity index (χ2v) is 5.35. The van der Waals surface area contributed by atoms with E-state index in [9.17, 15) is 0 Å². The Bertz CT molecular complexity index is 276. The quantitative estimate of drug-likeness (QED) is 0.857. The Labute approximate surface area is 101 Å². The molecule has 0 spiro atoms. The van der Waals surface area contributed by atoms with E-state index in [1.54, 1.807) is 11.3 Å². The molecule has 3 heteroatoms. The molecule has 1 fully saturated rings. The van der Waals surface area contributed by atoms with E-state index < -0.39 is 0 Å². The Morgan fingerprint density at radius 1 is 1.31 bits per heavy atom. The van der Waals surface area contributed by atoms with E-state index >= 15 is 0 Å². The molecule has 0 amide bonds. The van der Waals surface area contributed by atoms with Gasteiger partial charge in [0.05, 0.1) is 19.3 Å². The molecule has 0 aliphatic heterocycles. The van der Waals surface area contributed by atoms with Crippen LogP contribution in [0, 0.1) is 5.92 Å². The zero-order valence-electron chi connectivity index (χ0n) is 9.60. The molecule has 16 heavy (non-hydrogen) atoms. The molecule has 0 atom stereocenters. The predicted octanol–water partition coefficient (Wildman–Crippen LogP) is 2.86. The number of hydrogen-bond donors (Lipinski definition) is 1. The van der Waals surface area contributed by atoms with Crippen LogP contribution >= 0.6 is 11.3 Å². The topological polar surface area (TPSA) is 29.5 Å². The molecule has 90 valence electrons. The second-order valence-electron chi connectivity index (χ2n) is 4.57. The Hall–Kier alpha value is -0.380. The minimum Gasteiger partial charge on any atom is -0.394 e. The van der Waals surface area contributed by atoms with Crippen molar-refractivity contribution in [2.75, 3.05) is 13.2 Å². The van der Waals surface area contributed by atoms with Gasteiger partial charge in [0.15, 0.2) is 0 Å². The van der Waals surface area contributed by atoms with E-state index in [1.807, 2.05) is 0 Å². The molecule has 1 aliphatic rings. The third-order valence-corrected chi connectivity index (χ3v) is 4.08. The van der Waals surface area contributed by atoms with Gasteiger partial charge in [-0.3, -0.25) is 0 Å². The fourth-order valence-electron chi connectivity index (χ4n) is 2.46. The fraction of sp³-hybridized carbons (Fsp3) is 0.692. The Morgan fingerprint density at radius 3 is 2.75 bits per heavy atom. The van der Waals surface area contributed by atoms with Gasteiger partial charge in [0.1, 0.15) is 0 Å². The zero-order chi connectivity index (χ0) is 11.2. The normalized spacial score (nSPS) is 25.8. The van der Waals surface area contributed by atoms with Crippen molar-refractivity contribution in [2.24, 2.45) is 5.92 Å². The molecule has 0 aromatic carbocycles. The van der Waals surface area contributed by atoms with Gasteiger partial charge >= 0.3 is 0 Å². The molecule has 0 bridgehead atoms. The van der Waals surface area contributed by atoms with E-state index in [0.29, 0.717) is 12.7 Å². The molecule has 1 saturated carbocycles. The third kappa shape index (κ3) is 3.58. The summed E-state index contributed by atoms with van der Waals surface area (Å²) in [5, 5.41) is 13.1. The first-order valence-corrected chi connectivity index (χ1v) is 7.06. The van der Waals surface area contributed by atoms with Crippen LogP contribution in [0.15, 0.2) is 16.8 Å². The highest BCUT2D eigenvalue weighted by atomic mass is 32.1. The number of rotatable bonds is 5. The van der Waals surface area contributed by atoms with Crippen LogP contribution in [0.25, 0.3) is 0 Å². The molecule has 1 aliphatic carbocycles. The van der Waals surface area contributed by atoms with E-state index in [-0.39, 0.29) is 6.61 Å². The van der Waals surface area contributed by atoms with Gasteiger partial charge in [-0.05, 0) is 60.4 Å². The molecule has 2 rings (SSSR count). The van der Waals surface area contributed by atoms with Crippen LogP contribution in [0.5, 0.6) is 0 Å². The molecule has 0 saturated heterocycles. The minimum atomic E-state index is 0.148. The molecule has 0 radical (unpaired) electrons. The molecular formula is C13H20O2S. The first kappa shape index (κ1) is 12.1. The van der Waals surface area contributed by atoms with Crippen LogP contribution in [-0.4, -0.2) is 24.4 Å². The number of thiophene rings is 1. The molecular weight excluding hydrogens is 220 g/mol. The number of aliphatic hydroxyl groups excluding tert-OH is 1. The van der Waals surface area contributed by atoms with Crippen molar-refractivity contribution in [3.63, 3.8) is 0 Å². The van der Waals surface area contributed by atoms with E-state index in [4.69, 9.17) is 9.84 Å². The maximum atomic E-state index is 8.70. The highest BCUT2D eigenvalue weighted by Crippen LogP contribution is 2.29. The summed E-state index contributed by atoms with van der Waals surface area (Å²) in [4.78, 5) is 0. The van der Waals surface area contributed by atoms with Crippen LogP contribution < -0.4 is 0 Å². The summed E-state index contributed by atoms with van der Waals surface area (Å²) in [6.07, 6.45) is 6.49. The van der Waals surface area contributed by atoms with Crippen LogP contribution in [0.1, 0.15) is 31.2 Å². The van der Waals surface area contributed by atoms with Gasteiger partial charge in [-0.15, -0.1) is 0 Å². The Balaban J connectivity index is 1.69. The number of ether oxygens (including phenoxy) is 1. The molecule has 1 N–H and O–H groups in total. The number of aliphatic hydroxyl groups is 1. The van der Waals surface area contributed by atoms with Crippen molar-refractivity contribution in [3.8, 4) is 0 Å². The molecule has 1 aromatic heterocycles. The van der Waals surface area contributed by atoms with Crippen LogP contribution in [0.3, 0.4) is 0 Å². The number of hydrogen-bond acceptors (Lipinski definition) is 3. The Morgan fingerprint density at radius 2 is 2.12 bits per heavy atom. The highest BCUT2D eigenvalue weighted by molar-refractivity contribution is 7.07. The van der Waals surface area contributed by atoms with Gasteiger partial charge in [0, 0.05) is 0 Å². The van der Waals surface area contributed by atoms with E-state index in [2.05, 4.69) is 16.8 Å². The van der Waals surface area contributed by atoms with Crippen molar-refractivity contribution in [1.82, 2.24) is 0 Å². The first-order valence-electron chi connectivity index (χ1n) is 6.12. The smallest absolute Gasteiger partial charge is 0.0701 e. The van der Waals surface area contributed by atoms with Gasteiger partial charge < -0.3 is 9.84 Å². The monoisotopic (exact) mass is 240 g/mol. The maximum Gasteiger partial charge on any atom is 0.0701 e. The predicted molar refractivity (Wildman–Crippen MR) is 66.8 cm³/mol. The van der Waals surface area contributed by atoms with Crippen molar-refractivity contribution in [2.45, 2.75) is 38.2 Å². The summed E-state index contributed by atoms with van der Waals surface area (Å²) < 4.78 is 5.57.